The number of ether oxygens (including phenoxy) is 1. The van der Waals surface area contributed by atoms with E-state index in [1.807, 2.05) is 0 Å². The first-order valence-corrected chi connectivity index (χ1v) is 10.1. The Morgan fingerprint density at radius 3 is 2.64 bits per heavy atom. The van der Waals surface area contributed by atoms with E-state index in [0.717, 1.165) is 44.9 Å². The van der Waals surface area contributed by atoms with Crippen molar-refractivity contribution in [3.8, 4) is 0 Å². The highest BCUT2D eigenvalue weighted by Gasteiger charge is 2.61. The van der Waals surface area contributed by atoms with Crippen LogP contribution in [0.4, 0.5) is 0 Å². The van der Waals surface area contributed by atoms with Gasteiger partial charge >= 0.3 is 5.97 Å². The molecule has 4 aliphatic rings. The van der Waals surface area contributed by atoms with Crippen LogP contribution in [0.3, 0.4) is 0 Å². The van der Waals surface area contributed by atoms with Crippen molar-refractivity contribution >= 4 is 11.8 Å². The second-order valence-electron chi connectivity index (χ2n) is 9.73. The summed E-state index contributed by atoms with van der Waals surface area (Å²) in [6.45, 7) is 6.00. The Labute approximate surface area is 150 Å². The zero-order valence-electron chi connectivity index (χ0n) is 15.8. The molecule has 0 amide bonds. The van der Waals surface area contributed by atoms with E-state index in [-0.39, 0.29) is 22.9 Å². The van der Waals surface area contributed by atoms with Gasteiger partial charge in [-0.25, -0.2) is 0 Å². The topological polar surface area (TPSA) is 63.6 Å². The molecule has 0 unspecified atom stereocenters. The van der Waals surface area contributed by atoms with Gasteiger partial charge in [-0.2, -0.15) is 0 Å². The molecule has 4 nitrogen and oxygen atoms in total. The Morgan fingerprint density at radius 1 is 1.16 bits per heavy atom. The normalized spacial score (nSPS) is 52.1. The molecule has 25 heavy (non-hydrogen) atoms. The lowest BCUT2D eigenvalue weighted by Crippen LogP contribution is -2.57. The molecule has 0 saturated heterocycles. The minimum Gasteiger partial charge on any atom is -0.460 e. The zero-order chi connectivity index (χ0) is 18.0. The summed E-state index contributed by atoms with van der Waals surface area (Å²) in [6.07, 6.45) is 6.93. The lowest BCUT2D eigenvalue weighted by Gasteiger charge is -2.60. The van der Waals surface area contributed by atoms with Crippen LogP contribution >= 0.6 is 0 Å². The molecule has 4 aliphatic carbocycles. The van der Waals surface area contributed by atoms with Crippen molar-refractivity contribution in [3.05, 3.63) is 0 Å². The second-order valence-corrected chi connectivity index (χ2v) is 9.73. The smallest absolute Gasteiger partial charge is 0.302 e. The molecular weight excluding hydrogens is 316 g/mol. The van der Waals surface area contributed by atoms with Crippen LogP contribution in [-0.2, 0) is 14.3 Å². The molecule has 140 valence electrons. The van der Waals surface area contributed by atoms with E-state index in [4.69, 9.17) is 4.74 Å². The van der Waals surface area contributed by atoms with E-state index in [1.165, 1.54) is 13.3 Å². The maximum absolute atomic E-state index is 12.5. The largest absolute Gasteiger partial charge is 0.460 e. The highest BCUT2D eigenvalue weighted by atomic mass is 16.6. The first kappa shape index (κ1) is 17.5. The summed E-state index contributed by atoms with van der Waals surface area (Å²) in [4.78, 5) is 23.8. The number of rotatable bonds is 1. The van der Waals surface area contributed by atoms with Crippen LogP contribution in [0.1, 0.15) is 72.1 Å². The Balaban J connectivity index is 1.58. The Bertz CT molecular complexity index is 586. The summed E-state index contributed by atoms with van der Waals surface area (Å²) in [5, 5.41) is 10.7. The molecule has 4 heteroatoms. The van der Waals surface area contributed by atoms with Crippen LogP contribution in [0.15, 0.2) is 0 Å². The van der Waals surface area contributed by atoms with Gasteiger partial charge in [0, 0.05) is 18.8 Å². The molecule has 0 heterocycles. The van der Waals surface area contributed by atoms with E-state index in [2.05, 4.69) is 13.8 Å². The third-order valence-corrected chi connectivity index (χ3v) is 8.69. The Kier molecular flexibility index (Phi) is 4.06. The maximum Gasteiger partial charge on any atom is 0.302 e. The van der Waals surface area contributed by atoms with Gasteiger partial charge < -0.3 is 9.84 Å². The van der Waals surface area contributed by atoms with Crippen molar-refractivity contribution in [3.63, 3.8) is 0 Å². The van der Waals surface area contributed by atoms with Gasteiger partial charge in [-0.3, -0.25) is 9.59 Å². The quantitative estimate of drug-likeness (QED) is 0.737. The lowest BCUT2D eigenvalue weighted by atomic mass is 9.45. The zero-order valence-corrected chi connectivity index (χ0v) is 15.8. The fourth-order valence-corrected chi connectivity index (χ4v) is 7.37. The predicted molar refractivity (Wildman–Crippen MR) is 93.7 cm³/mol. The van der Waals surface area contributed by atoms with Crippen molar-refractivity contribution in [1.29, 1.82) is 0 Å². The van der Waals surface area contributed by atoms with Crippen LogP contribution in [-0.4, -0.2) is 29.1 Å². The highest BCUT2D eigenvalue weighted by Crippen LogP contribution is 2.65. The number of Topliss-reactive ketones (excluding diaryl/α,β-unsaturated/α-hetero) is 1. The van der Waals surface area contributed by atoms with Gasteiger partial charge in [-0.1, -0.05) is 13.8 Å². The van der Waals surface area contributed by atoms with E-state index >= 15 is 0 Å². The minimum absolute atomic E-state index is 0.0854. The van der Waals surface area contributed by atoms with E-state index in [1.54, 1.807) is 0 Å². The standard InChI is InChI=1S/C21H32O4/c1-12(22)25-18-10-13-4-5-14-15-6-7-19(24)20(15,2)9-8-16(14)21(13,3)11-17(18)23/h13-18,23H,4-11H2,1-3H3/t13-,14-,15-,16-,17-,18+,20-,21-/m0/s1. The molecule has 0 spiro atoms. The molecule has 0 bridgehead atoms. The third-order valence-electron chi connectivity index (χ3n) is 8.69. The van der Waals surface area contributed by atoms with Gasteiger partial charge in [0.05, 0.1) is 6.10 Å². The maximum atomic E-state index is 12.5. The summed E-state index contributed by atoms with van der Waals surface area (Å²) in [5.41, 5.74) is 0.0316. The average Bonchev–Trinajstić information content (AvgIpc) is 2.83. The number of carbonyl (C=O) groups excluding carboxylic acids is 2. The van der Waals surface area contributed by atoms with Crippen molar-refractivity contribution < 1.29 is 19.4 Å². The number of ketones is 1. The molecule has 0 aliphatic heterocycles. The number of hydrogen-bond donors (Lipinski definition) is 1. The first-order chi connectivity index (χ1) is 11.8. The Hall–Kier alpha value is -0.900. The van der Waals surface area contributed by atoms with Crippen molar-refractivity contribution in [2.45, 2.75) is 84.3 Å². The second kappa shape index (κ2) is 5.80. The minimum atomic E-state index is -0.553. The van der Waals surface area contributed by atoms with Crippen LogP contribution in [0.2, 0.25) is 0 Å². The predicted octanol–water partition coefficient (Wildman–Crippen LogP) is 3.50. The monoisotopic (exact) mass is 348 g/mol. The van der Waals surface area contributed by atoms with Gasteiger partial charge in [-0.15, -0.1) is 0 Å². The van der Waals surface area contributed by atoms with E-state index < -0.39 is 6.10 Å². The van der Waals surface area contributed by atoms with Crippen molar-refractivity contribution in [1.82, 2.24) is 0 Å². The summed E-state index contributed by atoms with van der Waals surface area (Å²) in [5.74, 6) is 2.48. The molecule has 1 N–H and O–H groups in total. The molecule has 4 fully saturated rings. The summed E-state index contributed by atoms with van der Waals surface area (Å²) in [7, 11) is 0. The highest BCUT2D eigenvalue weighted by molar-refractivity contribution is 5.87. The number of esters is 1. The van der Waals surface area contributed by atoms with Crippen LogP contribution in [0, 0.1) is 34.5 Å². The van der Waals surface area contributed by atoms with Crippen molar-refractivity contribution in [2.24, 2.45) is 34.5 Å². The summed E-state index contributed by atoms with van der Waals surface area (Å²) in [6, 6.07) is 0. The molecule has 4 rings (SSSR count). The molecular formula is C21H32O4. The van der Waals surface area contributed by atoms with Gasteiger partial charge in [-0.05, 0) is 74.0 Å². The van der Waals surface area contributed by atoms with Gasteiger partial charge in [0.1, 0.15) is 11.9 Å². The van der Waals surface area contributed by atoms with Gasteiger partial charge in [0.15, 0.2) is 0 Å². The molecule has 0 aromatic carbocycles. The molecule has 8 atom stereocenters. The summed E-state index contributed by atoms with van der Waals surface area (Å²) < 4.78 is 5.40. The number of aliphatic hydroxyl groups is 1. The summed E-state index contributed by atoms with van der Waals surface area (Å²) >= 11 is 0. The van der Waals surface area contributed by atoms with Crippen LogP contribution < -0.4 is 0 Å². The molecule has 0 radical (unpaired) electrons. The van der Waals surface area contributed by atoms with E-state index in [9.17, 15) is 14.7 Å². The number of fused-ring (bicyclic) bond motifs is 5. The molecule has 4 saturated carbocycles. The van der Waals surface area contributed by atoms with E-state index in [0.29, 0.717) is 29.5 Å². The number of carbonyl (C=O) groups is 2. The van der Waals surface area contributed by atoms with Crippen molar-refractivity contribution in [2.75, 3.05) is 0 Å². The first-order valence-electron chi connectivity index (χ1n) is 10.1. The lowest BCUT2D eigenvalue weighted by molar-refractivity contribution is -0.180. The van der Waals surface area contributed by atoms with Crippen LogP contribution in [0.5, 0.6) is 0 Å². The Morgan fingerprint density at radius 2 is 1.92 bits per heavy atom. The van der Waals surface area contributed by atoms with Crippen LogP contribution in [0.25, 0.3) is 0 Å². The molecule has 0 aromatic heterocycles. The number of hydrogen-bond acceptors (Lipinski definition) is 4. The van der Waals surface area contributed by atoms with Gasteiger partial charge in [0.25, 0.3) is 0 Å². The SMILES string of the molecule is CC(=O)O[C@@H]1C[C@@H]2CC[C@@H]3[C@H](CC[C@]4(C)C(=O)CC[C@@H]34)[C@@]2(C)C[C@@H]1O. The third kappa shape index (κ3) is 2.50. The number of aliphatic hydroxyl groups excluding tert-OH is 1. The molecule has 0 aromatic rings. The fourth-order valence-electron chi connectivity index (χ4n) is 7.37. The average molecular weight is 348 g/mol. The fraction of sp³-hybridized carbons (Fsp3) is 0.905. The van der Waals surface area contributed by atoms with Gasteiger partial charge in [0.2, 0.25) is 0 Å².